The van der Waals surface area contributed by atoms with E-state index in [9.17, 15) is 9.59 Å². The summed E-state index contributed by atoms with van der Waals surface area (Å²) >= 11 is 0. The predicted molar refractivity (Wildman–Crippen MR) is 86.0 cm³/mol. The Hall–Kier alpha value is -1.89. The molecule has 1 aromatic rings. The van der Waals surface area contributed by atoms with Gasteiger partial charge in [0.2, 0.25) is 11.8 Å². The van der Waals surface area contributed by atoms with E-state index in [4.69, 9.17) is 4.52 Å². The first-order valence-corrected chi connectivity index (χ1v) is 8.00. The van der Waals surface area contributed by atoms with E-state index in [1.54, 1.807) is 19.0 Å². The van der Waals surface area contributed by atoms with Crippen molar-refractivity contribution in [1.29, 1.82) is 0 Å². The normalized spacial score (nSPS) is 16.3. The van der Waals surface area contributed by atoms with E-state index >= 15 is 0 Å². The van der Waals surface area contributed by atoms with Crippen LogP contribution >= 0.6 is 0 Å². The van der Waals surface area contributed by atoms with Crippen molar-refractivity contribution in [3.63, 3.8) is 0 Å². The van der Waals surface area contributed by atoms with Crippen LogP contribution in [0.5, 0.6) is 0 Å². The zero-order valence-electron chi connectivity index (χ0n) is 14.5. The summed E-state index contributed by atoms with van der Waals surface area (Å²) in [7, 11) is 3.53. The Morgan fingerprint density at radius 3 is 2.52 bits per heavy atom. The molecule has 0 radical (unpaired) electrons. The van der Waals surface area contributed by atoms with Crippen molar-refractivity contribution in [3.05, 3.63) is 17.0 Å². The Labute approximate surface area is 137 Å². The van der Waals surface area contributed by atoms with Crippen LogP contribution in [0.2, 0.25) is 0 Å². The van der Waals surface area contributed by atoms with Crippen LogP contribution in [0.25, 0.3) is 0 Å². The zero-order chi connectivity index (χ0) is 17.0. The van der Waals surface area contributed by atoms with E-state index in [-0.39, 0.29) is 11.8 Å². The quantitative estimate of drug-likeness (QED) is 0.805. The van der Waals surface area contributed by atoms with Gasteiger partial charge in [-0.3, -0.25) is 14.5 Å². The third-order valence-electron chi connectivity index (χ3n) is 4.31. The van der Waals surface area contributed by atoms with Gasteiger partial charge in [-0.15, -0.1) is 0 Å². The van der Waals surface area contributed by atoms with Crippen LogP contribution in [0.3, 0.4) is 0 Å². The molecule has 2 heterocycles. The van der Waals surface area contributed by atoms with Crippen LogP contribution in [0, 0.1) is 13.8 Å². The molecule has 1 fully saturated rings. The molecule has 0 aliphatic carbocycles. The molecule has 1 aromatic heterocycles. The van der Waals surface area contributed by atoms with Gasteiger partial charge < -0.3 is 14.3 Å². The first-order valence-electron chi connectivity index (χ1n) is 8.00. The van der Waals surface area contributed by atoms with Crippen LogP contribution in [0.4, 0.5) is 0 Å². The Morgan fingerprint density at radius 1 is 1.17 bits per heavy atom. The minimum atomic E-state index is 0.0974. The molecule has 0 atom stereocenters. The van der Waals surface area contributed by atoms with E-state index in [1.165, 1.54) is 0 Å². The van der Waals surface area contributed by atoms with E-state index < -0.39 is 0 Å². The maximum absolute atomic E-state index is 12.5. The summed E-state index contributed by atoms with van der Waals surface area (Å²) in [4.78, 5) is 29.9. The molecule has 0 saturated carbocycles. The van der Waals surface area contributed by atoms with Crippen LogP contribution in [0.1, 0.15) is 23.4 Å². The van der Waals surface area contributed by atoms with Gasteiger partial charge in [0.05, 0.1) is 18.7 Å². The average molecular weight is 322 g/mol. The number of nitrogens with zero attached hydrogens (tertiary/aromatic N) is 4. The van der Waals surface area contributed by atoms with Gasteiger partial charge in [-0.05, 0) is 20.3 Å². The molecule has 7 nitrogen and oxygen atoms in total. The highest BCUT2D eigenvalue weighted by molar-refractivity contribution is 5.79. The van der Waals surface area contributed by atoms with E-state index in [0.29, 0.717) is 25.3 Å². The first-order chi connectivity index (χ1) is 10.9. The second kappa shape index (κ2) is 7.59. The van der Waals surface area contributed by atoms with Crippen molar-refractivity contribution in [3.8, 4) is 0 Å². The number of carbonyl (C=O) groups excluding carboxylic acids is 2. The van der Waals surface area contributed by atoms with Gasteiger partial charge >= 0.3 is 0 Å². The molecule has 2 rings (SSSR count). The first kappa shape index (κ1) is 17.5. The minimum Gasteiger partial charge on any atom is -0.361 e. The maximum Gasteiger partial charge on any atom is 0.236 e. The third-order valence-corrected chi connectivity index (χ3v) is 4.31. The van der Waals surface area contributed by atoms with Crippen LogP contribution in [0.15, 0.2) is 4.52 Å². The van der Waals surface area contributed by atoms with Crippen molar-refractivity contribution < 1.29 is 14.1 Å². The maximum atomic E-state index is 12.5. The SMILES string of the molecule is Cc1noc(C)c1CC(=O)N1CCCN(CC(=O)N(C)C)CC1. The second-order valence-corrected chi connectivity index (χ2v) is 6.28. The number of rotatable bonds is 4. The lowest BCUT2D eigenvalue weighted by Crippen LogP contribution is -2.40. The largest absolute Gasteiger partial charge is 0.361 e. The summed E-state index contributed by atoms with van der Waals surface area (Å²) in [5.41, 5.74) is 1.67. The van der Waals surface area contributed by atoms with Gasteiger partial charge in [0, 0.05) is 45.8 Å². The van der Waals surface area contributed by atoms with Crippen molar-refractivity contribution in [2.24, 2.45) is 0 Å². The van der Waals surface area contributed by atoms with Crippen LogP contribution < -0.4 is 0 Å². The molecule has 7 heteroatoms. The highest BCUT2D eigenvalue weighted by Gasteiger charge is 2.22. The molecule has 0 bridgehead atoms. The van der Waals surface area contributed by atoms with E-state index in [0.717, 1.165) is 37.3 Å². The van der Waals surface area contributed by atoms with Crippen molar-refractivity contribution in [2.45, 2.75) is 26.7 Å². The highest BCUT2D eigenvalue weighted by atomic mass is 16.5. The fourth-order valence-electron chi connectivity index (χ4n) is 2.73. The van der Waals surface area contributed by atoms with E-state index in [2.05, 4.69) is 10.1 Å². The fraction of sp³-hybridized carbons (Fsp3) is 0.688. The lowest BCUT2D eigenvalue weighted by atomic mass is 10.1. The summed E-state index contributed by atoms with van der Waals surface area (Å²) in [5, 5.41) is 3.90. The molecule has 0 N–H and O–H groups in total. The molecular weight excluding hydrogens is 296 g/mol. The molecular formula is C16H26N4O3. The topological polar surface area (TPSA) is 69.9 Å². The van der Waals surface area contributed by atoms with Crippen molar-refractivity contribution in [2.75, 3.05) is 46.8 Å². The number of likely N-dealkylation sites (N-methyl/N-ethyl adjacent to an activating group) is 1. The fourth-order valence-corrected chi connectivity index (χ4v) is 2.73. The van der Waals surface area contributed by atoms with Crippen molar-refractivity contribution >= 4 is 11.8 Å². The number of aromatic nitrogens is 1. The zero-order valence-corrected chi connectivity index (χ0v) is 14.5. The third kappa shape index (κ3) is 4.54. The summed E-state index contributed by atoms with van der Waals surface area (Å²) in [6.07, 6.45) is 1.21. The molecule has 0 aromatic carbocycles. The average Bonchev–Trinajstić information content (AvgIpc) is 2.70. The van der Waals surface area contributed by atoms with Crippen molar-refractivity contribution in [1.82, 2.24) is 19.9 Å². The highest BCUT2D eigenvalue weighted by Crippen LogP contribution is 2.15. The molecule has 128 valence electrons. The summed E-state index contributed by atoms with van der Waals surface area (Å²) < 4.78 is 5.12. The Balaban J connectivity index is 1.90. The standard InChI is InChI=1S/C16H26N4O3/c1-12-14(13(2)23-17-12)10-15(21)20-7-5-6-19(8-9-20)11-16(22)18(3)4/h5-11H2,1-4H3. The predicted octanol–water partition coefficient (Wildman–Crippen LogP) is 0.456. The lowest BCUT2D eigenvalue weighted by Gasteiger charge is -2.22. The van der Waals surface area contributed by atoms with Gasteiger partial charge in [-0.1, -0.05) is 5.16 Å². The number of aryl methyl sites for hydroxylation is 2. The lowest BCUT2D eigenvalue weighted by molar-refractivity contribution is -0.130. The number of hydrogen-bond donors (Lipinski definition) is 0. The Bertz CT molecular complexity index is 548. The number of carbonyl (C=O) groups is 2. The Kier molecular flexibility index (Phi) is 5.76. The number of amides is 2. The summed E-state index contributed by atoms with van der Waals surface area (Å²) in [6.45, 7) is 7.06. The van der Waals surface area contributed by atoms with Gasteiger partial charge in [0.15, 0.2) is 0 Å². The van der Waals surface area contributed by atoms with Crippen LogP contribution in [-0.4, -0.2) is 78.5 Å². The van der Waals surface area contributed by atoms with Gasteiger partial charge in [0.1, 0.15) is 5.76 Å². The molecule has 1 aliphatic heterocycles. The van der Waals surface area contributed by atoms with E-state index in [1.807, 2.05) is 18.7 Å². The van der Waals surface area contributed by atoms with Gasteiger partial charge in [0.25, 0.3) is 0 Å². The summed E-state index contributed by atoms with van der Waals surface area (Å²) in [5.74, 6) is 0.907. The van der Waals surface area contributed by atoms with Gasteiger partial charge in [-0.25, -0.2) is 0 Å². The molecule has 23 heavy (non-hydrogen) atoms. The molecule has 1 aliphatic rings. The number of hydrogen-bond acceptors (Lipinski definition) is 5. The monoisotopic (exact) mass is 322 g/mol. The molecule has 2 amide bonds. The van der Waals surface area contributed by atoms with Crippen LogP contribution in [-0.2, 0) is 16.0 Å². The molecule has 0 spiro atoms. The molecule has 0 unspecified atom stereocenters. The summed E-state index contributed by atoms with van der Waals surface area (Å²) in [6, 6.07) is 0. The second-order valence-electron chi connectivity index (χ2n) is 6.28. The molecule has 1 saturated heterocycles. The minimum absolute atomic E-state index is 0.0974. The van der Waals surface area contributed by atoms with Gasteiger partial charge in [-0.2, -0.15) is 0 Å². The smallest absolute Gasteiger partial charge is 0.236 e. The Morgan fingerprint density at radius 2 is 1.91 bits per heavy atom.